The van der Waals surface area contributed by atoms with E-state index in [1.165, 1.54) is 29.2 Å². The van der Waals surface area contributed by atoms with Crippen LogP contribution in [0.4, 0.5) is 4.39 Å². The van der Waals surface area contributed by atoms with Crippen LogP contribution in [0.15, 0.2) is 54.1 Å². The van der Waals surface area contributed by atoms with Crippen LogP contribution in [0.1, 0.15) is 17.2 Å². The Bertz CT molecular complexity index is 936. The highest BCUT2D eigenvalue weighted by molar-refractivity contribution is 6.46. The fraction of sp³-hybridized carbons (Fsp3) is 0.273. The summed E-state index contributed by atoms with van der Waals surface area (Å²) < 4.78 is 18.5. The molecule has 0 radical (unpaired) electrons. The number of Topliss-reactive ketones (excluding diaryl/α,β-unsaturated/α-hetero) is 1. The maximum absolute atomic E-state index is 13.3. The molecule has 0 bridgehead atoms. The Kier molecular flexibility index (Phi) is 5.98. The molecule has 1 saturated heterocycles. The van der Waals surface area contributed by atoms with Crippen molar-refractivity contribution in [1.82, 2.24) is 9.80 Å². The maximum Gasteiger partial charge on any atom is 0.295 e. The molecule has 1 amide bonds. The molecule has 1 N–H and O–H groups in total. The molecule has 7 heteroatoms. The van der Waals surface area contributed by atoms with E-state index in [2.05, 4.69) is 0 Å². The molecule has 1 aliphatic heterocycles. The molecule has 29 heavy (non-hydrogen) atoms. The largest absolute Gasteiger partial charge is 0.507 e. The molecule has 1 heterocycles. The third-order valence-electron chi connectivity index (χ3n) is 4.88. The average molecular weight is 398 g/mol. The Morgan fingerprint density at radius 3 is 2.28 bits per heavy atom. The zero-order valence-electron chi connectivity index (χ0n) is 16.6. The Hall–Kier alpha value is -3.19. The number of likely N-dealkylation sites (N-methyl/N-ethyl adjacent to an activating group) is 1. The molecular formula is C22H23FN2O4. The van der Waals surface area contributed by atoms with Gasteiger partial charge in [-0.15, -0.1) is 0 Å². The summed E-state index contributed by atoms with van der Waals surface area (Å²) in [7, 11) is 5.29. The molecule has 6 nitrogen and oxygen atoms in total. The average Bonchev–Trinajstić information content (AvgIpc) is 2.97. The quantitative estimate of drug-likeness (QED) is 0.460. The molecule has 0 aliphatic carbocycles. The van der Waals surface area contributed by atoms with Gasteiger partial charge in [0.15, 0.2) is 0 Å². The van der Waals surface area contributed by atoms with Crippen molar-refractivity contribution in [3.8, 4) is 5.75 Å². The topological polar surface area (TPSA) is 70.1 Å². The number of benzene rings is 2. The number of nitrogens with zero attached hydrogens (tertiary/aromatic N) is 2. The van der Waals surface area contributed by atoms with Crippen molar-refractivity contribution in [3.63, 3.8) is 0 Å². The van der Waals surface area contributed by atoms with E-state index in [9.17, 15) is 19.1 Å². The van der Waals surface area contributed by atoms with Gasteiger partial charge in [0, 0.05) is 18.7 Å². The first-order valence-corrected chi connectivity index (χ1v) is 9.16. The van der Waals surface area contributed by atoms with Crippen LogP contribution in [0.5, 0.6) is 5.75 Å². The molecule has 2 aromatic rings. The van der Waals surface area contributed by atoms with E-state index in [-0.39, 0.29) is 16.9 Å². The highest BCUT2D eigenvalue weighted by Gasteiger charge is 2.45. The van der Waals surface area contributed by atoms with Crippen LogP contribution in [0.2, 0.25) is 0 Å². The smallest absolute Gasteiger partial charge is 0.295 e. The lowest BCUT2D eigenvalue weighted by molar-refractivity contribution is -0.140. The maximum atomic E-state index is 13.3. The SMILES string of the molecule is COc1ccc([C@@H]2C(=C(O)c3ccc(F)cc3)C(=O)C(=O)N2CCN(C)C)cc1. The summed E-state index contributed by atoms with van der Waals surface area (Å²) >= 11 is 0. The van der Waals surface area contributed by atoms with Gasteiger partial charge in [-0.3, -0.25) is 9.59 Å². The third-order valence-corrected chi connectivity index (χ3v) is 4.88. The number of aliphatic hydroxyl groups is 1. The monoisotopic (exact) mass is 398 g/mol. The molecule has 152 valence electrons. The summed E-state index contributed by atoms with van der Waals surface area (Å²) in [4.78, 5) is 28.9. The second-order valence-electron chi connectivity index (χ2n) is 7.08. The summed E-state index contributed by atoms with van der Waals surface area (Å²) in [6.07, 6.45) is 0. The van der Waals surface area contributed by atoms with Crippen molar-refractivity contribution >= 4 is 17.4 Å². The van der Waals surface area contributed by atoms with E-state index in [0.717, 1.165) is 0 Å². The van der Waals surface area contributed by atoms with E-state index < -0.39 is 23.5 Å². The van der Waals surface area contributed by atoms with Crippen molar-refractivity contribution < 1.29 is 23.8 Å². The lowest BCUT2D eigenvalue weighted by Gasteiger charge is -2.26. The molecule has 0 aromatic heterocycles. The molecule has 0 unspecified atom stereocenters. The van der Waals surface area contributed by atoms with Crippen molar-refractivity contribution in [2.45, 2.75) is 6.04 Å². The number of methoxy groups -OCH3 is 1. The molecule has 1 aliphatic rings. The van der Waals surface area contributed by atoms with E-state index in [1.54, 1.807) is 31.4 Å². The molecule has 0 saturated carbocycles. The molecule has 1 atom stereocenters. The van der Waals surface area contributed by atoms with Crippen LogP contribution in [0, 0.1) is 5.82 Å². The molecule has 3 rings (SSSR count). The highest BCUT2D eigenvalue weighted by Crippen LogP contribution is 2.39. The number of ketones is 1. The summed E-state index contributed by atoms with van der Waals surface area (Å²) in [5, 5.41) is 10.8. The Morgan fingerprint density at radius 1 is 1.10 bits per heavy atom. The lowest BCUT2D eigenvalue weighted by atomic mass is 9.95. The highest BCUT2D eigenvalue weighted by atomic mass is 19.1. The number of amides is 1. The zero-order chi connectivity index (χ0) is 21.1. The van der Waals surface area contributed by atoms with E-state index in [1.807, 2.05) is 19.0 Å². The fourth-order valence-electron chi connectivity index (χ4n) is 3.31. The van der Waals surface area contributed by atoms with Crippen LogP contribution in [0.25, 0.3) is 5.76 Å². The number of carbonyl (C=O) groups is 2. The summed E-state index contributed by atoms with van der Waals surface area (Å²) in [5.41, 5.74) is 0.938. The molecule has 2 aromatic carbocycles. The van der Waals surface area contributed by atoms with Crippen molar-refractivity contribution in [3.05, 3.63) is 71.0 Å². The molecule has 0 spiro atoms. The van der Waals surface area contributed by atoms with Gasteiger partial charge in [-0.1, -0.05) is 12.1 Å². The van der Waals surface area contributed by atoms with Gasteiger partial charge < -0.3 is 19.6 Å². The first kappa shape index (κ1) is 20.5. The fourth-order valence-corrected chi connectivity index (χ4v) is 3.31. The van der Waals surface area contributed by atoms with Gasteiger partial charge in [0.1, 0.15) is 17.3 Å². The van der Waals surface area contributed by atoms with Crippen LogP contribution in [0.3, 0.4) is 0 Å². The number of rotatable bonds is 6. The van der Waals surface area contributed by atoms with Crippen molar-refractivity contribution in [1.29, 1.82) is 0 Å². The second-order valence-corrected chi connectivity index (χ2v) is 7.08. The molecular weight excluding hydrogens is 375 g/mol. The van der Waals surface area contributed by atoms with Crippen LogP contribution >= 0.6 is 0 Å². The first-order valence-electron chi connectivity index (χ1n) is 9.16. The van der Waals surface area contributed by atoms with Gasteiger partial charge in [0.2, 0.25) is 0 Å². The number of carbonyl (C=O) groups excluding carboxylic acids is 2. The Balaban J connectivity index is 2.12. The van der Waals surface area contributed by atoms with Gasteiger partial charge >= 0.3 is 0 Å². The van der Waals surface area contributed by atoms with E-state index >= 15 is 0 Å². The minimum absolute atomic E-state index is 0.00877. The van der Waals surface area contributed by atoms with E-state index in [0.29, 0.717) is 24.4 Å². The van der Waals surface area contributed by atoms with Gasteiger partial charge in [-0.05, 0) is 56.1 Å². The lowest BCUT2D eigenvalue weighted by Crippen LogP contribution is -2.35. The third kappa shape index (κ3) is 4.14. The van der Waals surface area contributed by atoms with Crippen LogP contribution in [-0.4, -0.2) is 60.9 Å². The predicted molar refractivity (Wildman–Crippen MR) is 107 cm³/mol. The number of hydrogen-bond donors (Lipinski definition) is 1. The van der Waals surface area contributed by atoms with E-state index in [4.69, 9.17) is 4.74 Å². The minimum Gasteiger partial charge on any atom is -0.507 e. The van der Waals surface area contributed by atoms with Gasteiger partial charge in [0.05, 0.1) is 18.7 Å². The first-order chi connectivity index (χ1) is 13.8. The van der Waals surface area contributed by atoms with Crippen LogP contribution < -0.4 is 4.74 Å². The summed E-state index contributed by atoms with van der Waals surface area (Å²) in [6.45, 7) is 0.866. The number of ether oxygens (including phenoxy) is 1. The van der Waals surface area contributed by atoms with Gasteiger partial charge in [-0.25, -0.2) is 4.39 Å². The summed E-state index contributed by atoms with van der Waals surface area (Å²) in [5.74, 6) is -1.57. The standard InChI is InChI=1S/C22H23FN2O4/c1-24(2)12-13-25-19(14-6-10-17(29-3)11-7-14)18(21(27)22(25)28)20(26)15-4-8-16(23)9-5-15/h4-11,19,26H,12-13H2,1-3H3/t19-/m1/s1. The zero-order valence-corrected chi connectivity index (χ0v) is 16.6. The van der Waals surface area contributed by atoms with Crippen molar-refractivity contribution in [2.75, 3.05) is 34.3 Å². The van der Waals surface area contributed by atoms with Gasteiger partial charge in [0.25, 0.3) is 11.7 Å². The second kappa shape index (κ2) is 8.45. The van der Waals surface area contributed by atoms with Crippen molar-refractivity contribution in [2.24, 2.45) is 0 Å². The van der Waals surface area contributed by atoms with Gasteiger partial charge in [-0.2, -0.15) is 0 Å². The minimum atomic E-state index is -0.758. The Labute approximate surface area is 168 Å². The Morgan fingerprint density at radius 2 is 1.72 bits per heavy atom. The summed E-state index contributed by atoms with van der Waals surface area (Å²) in [6, 6.07) is 11.4. The predicted octanol–water partition coefficient (Wildman–Crippen LogP) is 2.82. The van der Waals surface area contributed by atoms with Crippen LogP contribution in [-0.2, 0) is 9.59 Å². The number of halogens is 1. The number of likely N-dealkylation sites (tertiary alicyclic amines) is 1. The molecule has 1 fully saturated rings. The number of hydrogen-bond acceptors (Lipinski definition) is 5. The normalized spacial score (nSPS) is 18.5. The number of aliphatic hydroxyl groups excluding tert-OH is 1.